The predicted octanol–water partition coefficient (Wildman–Crippen LogP) is 3.89. The maximum atomic E-state index is 11.5. The molecule has 1 aromatic heterocycles. The third-order valence-corrected chi connectivity index (χ3v) is 4.87. The maximum absolute atomic E-state index is 11.5. The number of nitrogens with one attached hydrogen (secondary N) is 1. The van der Waals surface area contributed by atoms with Crippen LogP contribution in [0.2, 0.25) is 0 Å². The molecule has 1 unspecified atom stereocenters. The van der Waals surface area contributed by atoms with Gasteiger partial charge in [-0.15, -0.1) is 0 Å². The number of carbonyl (C=O) groups excluding carboxylic acids is 2. The van der Waals surface area contributed by atoms with Crippen LogP contribution in [0.3, 0.4) is 0 Å². The Kier molecular flexibility index (Phi) is 6.16. The minimum absolute atomic E-state index is 0.244. The fraction of sp³-hybridized carbons (Fsp3) is 0.261. The minimum atomic E-state index is -0.708. The van der Waals surface area contributed by atoms with E-state index in [9.17, 15) is 9.59 Å². The lowest BCUT2D eigenvalue weighted by molar-refractivity contribution is -0.123. The van der Waals surface area contributed by atoms with E-state index in [0.29, 0.717) is 42.3 Å². The largest absolute Gasteiger partial charge is 0.493 e. The SMILES string of the molecule is COc1cc(CCCC2OC(=O)NC2=O)ccc1OCc1coc(-c2ccccc2)n1. The molecule has 8 nitrogen and oxygen atoms in total. The van der Waals surface area contributed by atoms with E-state index in [2.05, 4.69) is 10.3 Å². The predicted molar refractivity (Wildman–Crippen MR) is 111 cm³/mol. The van der Waals surface area contributed by atoms with Crippen LogP contribution in [0.25, 0.3) is 11.5 Å². The van der Waals surface area contributed by atoms with E-state index in [1.165, 1.54) is 0 Å². The molecule has 8 heteroatoms. The Bertz CT molecular complexity index is 1060. The number of oxazole rings is 1. The summed E-state index contributed by atoms with van der Waals surface area (Å²) in [5.74, 6) is 1.37. The van der Waals surface area contributed by atoms with Crippen LogP contribution in [0, 0.1) is 0 Å². The zero-order valence-corrected chi connectivity index (χ0v) is 17.0. The van der Waals surface area contributed by atoms with Gasteiger partial charge in [-0.2, -0.15) is 0 Å². The van der Waals surface area contributed by atoms with Crippen molar-refractivity contribution in [3.63, 3.8) is 0 Å². The van der Waals surface area contributed by atoms with Crippen molar-refractivity contribution in [2.45, 2.75) is 32.0 Å². The number of imide groups is 1. The topological polar surface area (TPSA) is 99.9 Å². The van der Waals surface area contributed by atoms with Crippen molar-refractivity contribution in [1.29, 1.82) is 0 Å². The van der Waals surface area contributed by atoms with Gasteiger partial charge in [0.2, 0.25) is 5.89 Å². The van der Waals surface area contributed by atoms with Crippen LogP contribution >= 0.6 is 0 Å². The summed E-state index contributed by atoms with van der Waals surface area (Å²) in [7, 11) is 1.58. The molecule has 0 bridgehead atoms. The molecule has 4 rings (SSSR count). The van der Waals surface area contributed by atoms with Crippen LogP contribution < -0.4 is 14.8 Å². The number of hydrogen-bond donors (Lipinski definition) is 1. The van der Waals surface area contributed by atoms with Gasteiger partial charge >= 0.3 is 6.09 Å². The number of rotatable bonds is 9. The van der Waals surface area contributed by atoms with Gasteiger partial charge in [0.05, 0.1) is 7.11 Å². The van der Waals surface area contributed by atoms with E-state index in [4.69, 9.17) is 18.6 Å². The Morgan fingerprint density at radius 1 is 1.10 bits per heavy atom. The molecule has 1 atom stereocenters. The third kappa shape index (κ3) is 5.03. The first-order valence-electron chi connectivity index (χ1n) is 9.93. The molecule has 0 spiro atoms. The van der Waals surface area contributed by atoms with E-state index in [0.717, 1.165) is 11.1 Å². The molecule has 2 amide bonds. The maximum Gasteiger partial charge on any atom is 0.414 e. The Morgan fingerprint density at radius 2 is 1.94 bits per heavy atom. The van der Waals surface area contributed by atoms with Crippen LogP contribution in [0.1, 0.15) is 24.1 Å². The molecule has 0 radical (unpaired) electrons. The molecule has 3 aromatic rings. The zero-order chi connectivity index (χ0) is 21.6. The normalized spacial score (nSPS) is 15.5. The zero-order valence-electron chi connectivity index (χ0n) is 17.0. The number of ether oxygens (including phenoxy) is 3. The van der Waals surface area contributed by atoms with E-state index < -0.39 is 12.2 Å². The van der Waals surface area contributed by atoms with Gasteiger partial charge in [-0.05, 0) is 49.1 Å². The summed E-state index contributed by atoms with van der Waals surface area (Å²) >= 11 is 0. The summed E-state index contributed by atoms with van der Waals surface area (Å²) in [5.41, 5.74) is 2.61. The first-order valence-corrected chi connectivity index (χ1v) is 9.93. The molecule has 1 aliphatic heterocycles. The second-order valence-electron chi connectivity index (χ2n) is 7.06. The van der Waals surface area contributed by atoms with Gasteiger partial charge in [-0.3, -0.25) is 10.1 Å². The van der Waals surface area contributed by atoms with Crippen molar-refractivity contribution < 1.29 is 28.2 Å². The molecule has 1 N–H and O–H groups in total. The highest BCUT2D eigenvalue weighted by molar-refractivity contribution is 5.99. The van der Waals surface area contributed by atoms with Gasteiger partial charge in [0.25, 0.3) is 5.91 Å². The number of cyclic esters (lactones) is 1. The number of amides is 2. The average molecular weight is 422 g/mol. The van der Waals surface area contributed by atoms with Gasteiger partial charge in [0.15, 0.2) is 17.6 Å². The lowest BCUT2D eigenvalue weighted by Crippen LogP contribution is -2.24. The van der Waals surface area contributed by atoms with Gasteiger partial charge in [-0.1, -0.05) is 24.3 Å². The van der Waals surface area contributed by atoms with Crippen molar-refractivity contribution in [3.8, 4) is 23.0 Å². The molecule has 0 aliphatic carbocycles. The Balaban J connectivity index is 1.32. The number of aromatic nitrogens is 1. The van der Waals surface area contributed by atoms with Crippen molar-refractivity contribution in [1.82, 2.24) is 10.3 Å². The highest BCUT2D eigenvalue weighted by Crippen LogP contribution is 2.30. The molecule has 1 aliphatic rings. The van der Waals surface area contributed by atoms with Crippen LogP contribution in [-0.4, -0.2) is 30.2 Å². The highest BCUT2D eigenvalue weighted by Gasteiger charge is 2.31. The quantitative estimate of drug-likeness (QED) is 0.558. The van der Waals surface area contributed by atoms with Crippen molar-refractivity contribution >= 4 is 12.0 Å². The Hall–Kier alpha value is -3.81. The monoisotopic (exact) mass is 422 g/mol. The Labute approximate surface area is 179 Å². The van der Waals surface area contributed by atoms with Crippen molar-refractivity contribution in [2.75, 3.05) is 7.11 Å². The van der Waals surface area contributed by atoms with Crippen LogP contribution in [0.15, 0.2) is 59.2 Å². The first-order chi connectivity index (χ1) is 15.1. The van der Waals surface area contributed by atoms with Crippen LogP contribution in [0.5, 0.6) is 11.5 Å². The van der Waals surface area contributed by atoms with Crippen LogP contribution in [0.4, 0.5) is 4.79 Å². The first kappa shape index (κ1) is 20.5. The number of benzene rings is 2. The molecule has 31 heavy (non-hydrogen) atoms. The number of nitrogens with zero attached hydrogens (tertiary/aromatic N) is 1. The molecule has 1 saturated heterocycles. The minimum Gasteiger partial charge on any atom is -0.493 e. The van der Waals surface area contributed by atoms with Gasteiger partial charge in [-0.25, -0.2) is 9.78 Å². The molecular weight excluding hydrogens is 400 g/mol. The molecule has 1 fully saturated rings. The molecular formula is C23H22N2O6. The average Bonchev–Trinajstić information content (AvgIpc) is 3.39. The smallest absolute Gasteiger partial charge is 0.414 e. The summed E-state index contributed by atoms with van der Waals surface area (Å²) in [6.07, 6.45) is 2.06. The van der Waals surface area contributed by atoms with Crippen molar-refractivity contribution in [2.24, 2.45) is 0 Å². The summed E-state index contributed by atoms with van der Waals surface area (Å²) in [4.78, 5) is 27.1. The fourth-order valence-corrected chi connectivity index (χ4v) is 3.30. The number of carbonyl (C=O) groups is 2. The lowest BCUT2D eigenvalue weighted by atomic mass is 10.1. The standard InChI is InChI=1S/C23H22N2O6/c1-28-20-12-15(6-5-9-19-21(26)25-23(27)31-19)10-11-18(20)29-13-17-14-30-22(24-17)16-7-3-2-4-8-16/h2-4,7-8,10-12,14,19H,5-6,9,13H2,1H3,(H,25,26,27). The van der Waals surface area contributed by atoms with Gasteiger partial charge in [0.1, 0.15) is 18.6 Å². The lowest BCUT2D eigenvalue weighted by Gasteiger charge is -2.12. The molecule has 160 valence electrons. The van der Waals surface area contributed by atoms with E-state index in [1.54, 1.807) is 13.4 Å². The number of methoxy groups -OCH3 is 1. The highest BCUT2D eigenvalue weighted by atomic mass is 16.6. The second-order valence-corrected chi connectivity index (χ2v) is 7.06. The summed E-state index contributed by atoms with van der Waals surface area (Å²) in [5, 5.41) is 2.13. The summed E-state index contributed by atoms with van der Waals surface area (Å²) in [6, 6.07) is 15.3. The number of aryl methyl sites for hydroxylation is 1. The summed E-state index contributed by atoms with van der Waals surface area (Å²) < 4.78 is 21.8. The molecule has 2 aromatic carbocycles. The van der Waals surface area contributed by atoms with Gasteiger partial charge < -0.3 is 18.6 Å². The molecule has 0 saturated carbocycles. The van der Waals surface area contributed by atoms with Crippen molar-refractivity contribution in [3.05, 3.63) is 66.1 Å². The fourth-order valence-electron chi connectivity index (χ4n) is 3.30. The van der Waals surface area contributed by atoms with E-state index in [1.807, 2.05) is 48.5 Å². The van der Waals surface area contributed by atoms with E-state index in [-0.39, 0.29) is 12.5 Å². The number of alkyl carbamates (subject to hydrolysis) is 1. The third-order valence-electron chi connectivity index (χ3n) is 4.87. The summed E-state index contributed by atoms with van der Waals surface area (Å²) in [6.45, 7) is 0.244. The Morgan fingerprint density at radius 3 is 2.68 bits per heavy atom. The second kappa shape index (κ2) is 9.34. The number of hydrogen-bond acceptors (Lipinski definition) is 7. The van der Waals surface area contributed by atoms with Gasteiger partial charge in [0, 0.05) is 5.56 Å². The van der Waals surface area contributed by atoms with Crippen LogP contribution in [-0.2, 0) is 22.6 Å². The molecule has 2 heterocycles. The van der Waals surface area contributed by atoms with E-state index >= 15 is 0 Å².